The van der Waals surface area contributed by atoms with Gasteiger partial charge in [0, 0.05) is 0 Å². The molecule has 1 aliphatic rings. The van der Waals surface area contributed by atoms with E-state index in [1.165, 1.54) is 12.1 Å². The van der Waals surface area contributed by atoms with Crippen molar-refractivity contribution in [2.24, 2.45) is 0 Å². The van der Waals surface area contributed by atoms with Gasteiger partial charge in [-0.1, -0.05) is 17.7 Å². The molecule has 1 aromatic rings. The molecular weight excluding hydrogens is 397 g/mol. The van der Waals surface area contributed by atoms with Gasteiger partial charge in [-0.3, -0.25) is 8.37 Å². The van der Waals surface area contributed by atoms with E-state index in [-0.39, 0.29) is 30.6 Å². The van der Waals surface area contributed by atoms with E-state index in [1.807, 2.05) is 6.92 Å². The fourth-order valence-electron chi connectivity index (χ4n) is 2.61. The molecule has 1 saturated carbocycles. The summed E-state index contributed by atoms with van der Waals surface area (Å²) in [4.78, 5) is 0.00854. The molecule has 0 aromatic heterocycles. The first kappa shape index (κ1) is 21.1. The van der Waals surface area contributed by atoms with Gasteiger partial charge in [0.1, 0.15) is 0 Å². The molecule has 1 aliphatic carbocycles. The Morgan fingerprint density at radius 3 is 1.85 bits per heavy atom. The van der Waals surface area contributed by atoms with E-state index in [2.05, 4.69) is 4.18 Å². The molecule has 0 bridgehead atoms. The highest BCUT2D eigenvalue weighted by Gasteiger charge is 2.38. The number of aryl methyl sites for hydroxylation is 1. The van der Waals surface area contributed by atoms with Crippen LogP contribution in [0.3, 0.4) is 0 Å². The molecule has 148 valence electrons. The van der Waals surface area contributed by atoms with Crippen LogP contribution in [0.5, 0.6) is 0 Å². The van der Waals surface area contributed by atoms with Gasteiger partial charge in [-0.15, -0.1) is 0 Å². The third-order valence-electron chi connectivity index (χ3n) is 3.82. The lowest BCUT2D eigenvalue weighted by atomic mass is 9.95. The summed E-state index contributed by atoms with van der Waals surface area (Å²) < 4.78 is 93.5. The van der Waals surface area contributed by atoms with E-state index in [9.17, 15) is 30.0 Å². The van der Waals surface area contributed by atoms with Crippen LogP contribution in [0.1, 0.15) is 31.2 Å². The summed E-state index contributed by atoms with van der Waals surface area (Å²) in [6, 6.07) is 6.10. The molecule has 11 heteroatoms. The fourth-order valence-corrected chi connectivity index (χ4v) is 4.81. The van der Waals surface area contributed by atoms with Gasteiger partial charge in [0.25, 0.3) is 20.2 Å². The van der Waals surface area contributed by atoms with Crippen molar-refractivity contribution in [3.05, 3.63) is 29.8 Å². The summed E-state index contributed by atoms with van der Waals surface area (Å²) in [5.74, 6) is -2.04. The highest BCUT2D eigenvalue weighted by atomic mass is 32.2. The molecular formula is C15H19F3O6S2. The Hall–Kier alpha value is -1.17. The van der Waals surface area contributed by atoms with Crippen LogP contribution in [0.25, 0.3) is 0 Å². The smallest absolute Gasteiger partial charge is 0.267 e. The zero-order valence-corrected chi connectivity index (χ0v) is 15.5. The number of rotatable bonds is 6. The largest absolute Gasteiger partial charge is 0.405 e. The predicted octanol–water partition coefficient (Wildman–Crippen LogP) is 2.92. The van der Waals surface area contributed by atoms with E-state index < -0.39 is 44.4 Å². The topological polar surface area (TPSA) is 86.7 Å². The van der Waals surface area contributed by atoms with Gasteiger partial charge in [0.15, 0.2) is 5.75 Å². The normalized spacial score (nSPS) is 22.3. The van der Waals surface area contributed by atoms with Crippen molar-refractivity contribution < 1.29 is 38.4 Å². The highest BCUT2D eigenvalue weighted by molar-refractivity contribution is 7.87. The molecule has 1 aromatic carbocycles. The zero-order valence-electron chi connectivity index (χ0n) is 13.9. The minimum Gasteiger partial charge on any atom is -0.267 e. The van der Waals surface area contributed by atoms with E-state index >= 15 is 0 Å². The lowest BCUT2D eigenvalue weighted by Crippen LogP contribution is -2.32. The molecule has 0 heterocycles. The molecule has 26 heavy (non-hydrogen) atoms. The summed E-state index contributed by atoms with van der Waals surface area (Å²) >= 11 is 0. The van der Waals surface area contributed by atoms with Gasteiger partial charge in [-0.05, 0) is 44.7 Å². The first-order valence-corrected chi connectivity index (χ1v) is 10.8. The van der Waals surface area contributed by atoms with E-state index in [0.717, 1.165) is 5.56 Å². The Morgan fingerprint density at radius 1 is 0.923 bits per heavy atom. The average molecular weight is 416 g/mol. The van der Waals surface area contributed by atoms with Crippen molar-refractivity contribution in [2.75, 3.05) is 5.75 Å². The van der Waals surface area contributed by atoms with Gasteiger partial charge < -0.3 is 0 Å². The Kier molecular flexibility index (Phi) is 6.36. The van der Waals surface area contributed by atoms with Gasteiger partial charge in [0.05, 0.1) is 17.1 Å². The second-order valence-electron chi connectivity index (χ2n) is 6.18. The summed E-state index contributed by atoms with van der Waals surface area (Å²) in [5.41, 5.74) is 0.890. The molecule has 2 rings (SSSR count). The summed E-state index contributed by atoms with van der Waals surface area (Å²) in [5, 5.41) is 0. The molecule has 0 atom stereocenters. The number of benzene rings is 1. The van der Waals surface area contributed by atoms with E-state index in [0.29, 0.717) is 0 Å². The maximum atomic E-state index is 12.2. The van der Waals surface area contributed by atoms with Crippen molar-refractivity contribution >= 4 is 20.2 Å². The number of hydrogen-bond acceptors (Lipinski definition) is 6. The molecule has 0 N–H and O–H groups in total. The second kappa shape index (κ2) is 7.83. The van der Waals surface area contributed by atoms with E-state index in [1.54, 1.807) is 12.1 Å². The second-order valence-corrected chi connectivity index (χ2v) is 9.34. The standard InChI is InChI=1S/C15H19F3O6S2/c1-11-2-8-14(9-3-11)26(21,22)24-13-6-4-12(5-7-13)23-25(19,20)10-15(16,17)18/h2-3,8-9,12-13H,4-7,10H2,1H3. The molecule has 0 amide bonds. The number of halogens is 3. The Balaban J connectivity index is 1.89. The van der Waals surface area contributed by atoms with Crippen LogP contribution < -0.4 is 0 Å². The first-order chi connectivity index (χ1) is 11.9. The fraction of sp³-hybridized carbons (Fsp3) is 0.600. The van der Waals surface area contributed by atoms with Crippen LogP contribution in [-0.2, 0) is 28.6 Å². The predicted molar refractivity (Wildman–Crippen MR) is 86.4 cm³/mol. The highest BCUT2D eigenvalue weighted by Crippen LogP contribution is 2.29. The minimum absolute atomic E-state index is 0.00854. The molecule has 0 radical (unpaired) electrons. The summed E-state index contributed by atoms with van der Waals surface area (Å²) in [6.07, 6.45) is -5.96. The Morgan fingerprint density at radius 2 is 1.38 bits per heavy atom. The van der Waals surface area contributed by atoms with Crippen molar-refractivity contribution in [2.45, 2.75) is 55.9 Å². The van der Waals surface area contributed by atoms with E-state index in [4.69, 9.17) is 4.18 Å². The quantitative estimate of drug-likeness (QED) is 0.663. The number of alkyl halides is 3. The zero-order chi connectivity index (χ0) is 19.6. The van der Waals surface area contributed by atoms with Crippen molar-refractivity contribution in [1.29, 1.82) is 0 Å². The number of hydrogen-bond donors (Lipinski definition) is 0. The summed E-state index contributed by atoms with van der Waals surface area (Å²) in [6.45, 7) is 1.81. The molecule has 0 aliphatic heterocycles. The van der Waals surface area contributed by atoms with Gasteiger partial charge in [0.2, 0.25) is 0 Å². The molecule has 6 nitrogen and oxygen atoms in total. The molecule has 0 saturated heterocycles. The Bertz CT molecular complexity index is 808. The Labute approximate surface area is 150 Å². The lowest BCUT2D eigenvalue weighted by molar-refractivity contribution is -0.108. The maximum absolute atomic E-state index is 12.2. The SMILES string of the molecule is Cc1ccc(S(=O)(=O)OC2CCC(OS(=O)(=O)CC(F)(F)F)CC2)cc1. The van der Waals surface area contributed by atoms with Gasteiger partial charge in [-0.25, -0.2) is 0 Å². The van der Waals surface area contributed by atoms with Crippen molar-refractivity contribution in [1.82, 2.24) is 0 Å². The van der Waals surface area contributed by atoms with Crippen LogP contribution in [0, 0.1) is 6.92 Å². The third kappa shape index (κ3) is 6.53. The van der Waals surface area contributed by atoms with Crippen LogP contribution in [-0.4, -0.2) is 41.0 Å². The molecule has 0 unspecified atom stereocenters. The third-order valence-corrected chi connectivity index (χ3v) is 6.44. The van der Waals surface area contributed by atoms with Crippen molar-refractivity contribution in [3.63, 3.8) is 0 Å². The molecule has 0 spiro atoms. The minimum atomic E-state index is -4.87. The van der Waals surface area contributed by atoms with Crippen molar-refractivity contribution in [3.8, 4) is 0 Å². The average Bonchev–Trinajstić information content (AvgIpc) is 2.46. The monoisotopic (exact) mass is 416 g/mol. The summed E-state index contributed by atoms with van der Waals surface area (Å²) in [7, 11) is -8.68. The van der Waals surface area contributed by atoms with Crippen LogP contribution in [0.15, 0.2) is 29.2 Å². The first-order valence-electron chi connectivity index (χ1n) is 7.84. The maximum Gasteiger partial charge on any atom is 0.405 e. The van der Waals surface area contributed by atoms with Crippen LogP contribution >= 0.6 is 0 Å². The van der Waals surface area contributed by atoms with Gasteiger partial charge in [-0.2, -0.15) is 30.0 Å². The molecule has 1 fully saturated rings. The van der Waals surface area contributed by atoms with Gasteiger partial charge >= 0.3 is 6.18 Å². The lowest BCUT2D eigenvalue weighted by Gasteiger charge is -2.27. The van der Waals surface area contributed by atoms with Crippen LogP contribution in [0.4, 0.5) is 13.2 Å². The van der Waals surface area contributed by atoms with Crippen LogP contribution in [0.2, 0.25) is 0 Å².